The minimum absolute atomic E-state index is 0.0458. The van der Waals surface area contributed by atoms with Crippen LogP contribution in [-0.4, -0.2) is 43.3 Å². The Kier molecular flexibility index (Phi) is 6.06. The second kappa shape index (κ2) is 8.41. The molecule has 2 aromatic rings. The second-order valence-electron chi connectivity index (χ2n) is 7.01. The molecule has 0 spiro atoms. The zero-order valence-electron chi connectivity index (χ0n) is 16.5. The number of nitrogens with zero attached hydrogens (tertiary/aromatic N) is 2. The van der Waals surface area contributed by atoms with Crippen molar-refractivity contribution in [3.8, 4) is 17.6 Å². The maximum absolute atomic E-state index is 13.5. The summed E-state index contributed by atoms with van der Waals surface area (Å²) in [4.78, 5) is 14.4. The van der Waals surface area contributed by atoms with Crippen LogP contribution >= 0.6 is 0 Å². The molecule has 0 aliphatic carbocycles. The predicted octanol–water partition coefficient (Wildman–Crippen LogP) is 4.41. The highest BCUT2D eigenvalue weighted by Gasteiger charge is 2.40. The number of rotatable bonds is 5. The largest absolute Gasteiger partial charge is 0.494 e. The molecule has 0 bridgehead atoms. The first-order valence-corrected chi connectivity index (χ1v) is 9.15. The SMILES string of the molecule is COc1c(C#N)ccc(O[C@@H](C)C(F)(F)F)c1C(=O)N1CC(c2ccc(F)c(F)c2)C1. The van der Waals surface area contributed by atoms with Crippen molar-refractivity contribution in [1.29, 1.82) is 5.26 Å². The fraction of sp³-hybridized carbons (Fsp3) is 0.333. The van der Waals surface area contributed by atoms with E-state index in [0.717, 1.165) is 25.1 Å². The summed E-state index contributed by atoms with van der Waals surface area (Å²) < 4.78 is 75.6. The molecule has 2 aromatic carbocycles. The first-order chi connectivity index (χ1) is 14.6. The summed E-state index contributed by atoms with van der Waals surface area (Å²) in [6.07, 6.45) is -6.88. The van der Waals surface area contributed by atoms with Gasteiger partial charge < -0.3 is 14.4 Å². The summed E-state index contributed by atoms with van der Waals surface area (Å²) in [5.74, 6) is -3.55. The van der Waals surface area contributed by atoms with Gasteiger partial charge in [0, 0.05) is 19.0 Å². The van der Waals surface area contributed by atoms with Gasteiger partial charge in [-0.2, -0.15) is 18.4 Å². The first-order valence-electron chi connectivity index (χ1n) is 9.15. The Labute approximate surface area is 174 Å². The summed E-state index contributed by atoms with van der Waals surface area (Å²) in [5.41, 5.74) is 0.139. The molecule has 0 radical (unpaired) electrons. The van der Waals surface area contributed by atoms with Crippen LogP contribution in [0, 0.1) is 23.0 Å². The van der Waals surface area contributed by atoms with Crippen molar-refractivity contribution in [3.05, 3.63) is 58.7 Å². The number of ether oxygens (including phenoxy) is 2. The van der Waals surface area contributed by atoms with Crippen LogP contribution < -0.4 is 9.47 Å². The van der Waals surface area contributed by atoms with Crippen molar-refractivity contribution < 1.29 is 36.2 Å². The molecule has 0 saturated carbocycles. The number of amides is 1. The lowest BCUT2D eigenvalue weighted by Crippen LogP contribution is -2.48. The highest BCUT2D eigenvalue weighted by Crippen LogP contribution is 2.38. The van der Waals surface area contributed by atoms with Gasteiger partial charge in [0.25, 0.3) is 5.91 Å². The van der Waals surface area contributed by atoms with Crippen LogP contribution in [0.2, 0.25) is 0 Å². The minimum Gasteiger partial charge on any atom is -0.494 e. The average Bonchev–Trinajstić information content (AvgIpc) is 2.68. The molecule has 1 aliphatic rings. The molecule has 1 heterocycles. The Morgan fingerprint density at radius 2 is 1.87 bits per heavy atom. The lowest BCUT2D eigenvalue weighted by atomic mass is 9.90. The molecule has 0 N–H and O–H groups in total. The van der Waals surface area contributed by atoms with Gasteiger partial charge in [-0.05, 0) is 36.8 Å². The Balaban J connectivity index is 1.89. The predicted molar refractivity (Wildman–Crippen MR) is 98.9 cm³/mol. The number of carbonyl (C=O) groups excluding carboxylic acids is 1. The van der Waals surface area contributed by atoms with Crippen molar-refractivity contribution in [2.45, 2.75) is 25.1 Å². The molecule has 164 valence electrons. The smallest absolute Gasteiger partial charge is 0.425 e. The molecule has 1 saturated heterocycles. The monoisotopic (exact) mass is 440 g/mol. The summed E-state index contributed by atoms with van der Waals surface area (Å²) >= 11 is 0. The Bertz CT molecular complexity index is 1040. The van der Waals surface area contributed by atoms with E-state index in [9.17, 15) is 32.0 Å². The fourth-order valence-electron chi connectivity index (χ4n) is 3.20. The van der Waals surface area contributed by atoms with E-state index in [2.05, 4.69) is 0 Å². The zero-order valence-corrected chi connectivity index (χ0v) is 16.5. The lowest BCUT2D eigenvalue weighted by Gasteiger charge is -2.40. The molecule has 1 aliphatic heterocycles. The molecule has 1 fully saturated rings. The average molecular weight is 440 g/mol. The van der Waals surface area contributed by atoms with E-state index in [0.29, 0.717) is 5.56 Å². The van der Waals surface area contributed by atoms with Gasteiger partial charge in [-0.3, -0.25) is 4.79 Å². The zero-order chi connectivity index (χ0) is 22.9. The van der Waals surface area contributed by atoms with Gasteiger partial charge in [0.2, 0.25) is 0 Å². The third-order valence-corrected chi connectivity index (χ3v) is 5.01. The van der Waals surface area contributed by atoms with Crippen LogP contribution in [-0.2, 0) is 0 Å². The number of benzene rings is 2. The summed E-state index contributed by atoms with van der Waals surface area (Å²) in [6, 6.07) is 7.57. The van der Waals surface area contributed by atoms with Crippen LogP contribution in [0.4, 0.5) is 22.0 Å². The number of hydrogen-bond acceptors (Lipinski definition) is 4. The van der Waals surface area contributed by atoms with Gasteiger partial charge in [-0.15, -0.1) is 0 Å². The molecule has 0 aromatic heterocycles. The van der Waals surface area contributed by atoms with E-state index in [1.807, 2.05) is 6.07 Å². The van der Waals surface area contributed by atoms with Gasteiger partial charge in [-0.25, -0.2) is 8.78 Å². The molecule has 10 heteroatoms. The normalized spacial score (nSPS) is 15.1. The molecule has 1 atom stereocenters. The van der Waals surface area contributed by atoms with Crippen molar-refractivity contribution >= 4 is 5.91 Å². The second-order valence-corrected chi connectivity index (χ2v) is 7.01. The topological polar surface area (TPSA) is 62.6 Å². The quantitative estimate of drug-likeness (QED) is 0.646. The Morgan fingerprint density at radius 3 is 2.42 bits per heavy atom. The van der Waals surface area contributed by atoms with Crippen molar-refractivity contribution in [1.82, 2.24) is 4.90 Å². The number of methoxy groups -OCH3 is 1. The third kappa shape index (κ3) is 4.40. The maximum atomic E-state index is 13.5. The van der Waals surface area contributed by atoms with E-state index in [4.69, 9.17) is 9.47 Å². The number of nitriles is 1. The number of likely N-dealkylation sites (tertiary alicyclic amines) is 1. The molecule has 0 unspecified atom stereocenters. The van der Waals surface area contributed by atoms with E-state index < -0.39 is 29.8 Å². The van der Waals surface area contributed by atoms with Crippen LogP contribution in [0.1, 0.15) is 34.3 Å². The van der Waals surface area contributed by atoms with Crippen molar-refractivity contribution in [3.63, 3.8) is 0 Å². The highest BCUT2D eigenvalue weighted by molar-refractivity contribution is 6.01. The minimum atomic E-state index is -4.67. The molecule has 3 rings (SSSR count). The van der Waals surface area contributed by atoms with Crippen LogP contribution in [0.3, 0.4) is 0 Å². The lowest BCUT2D eigenvalue weighted by molar-refractivity contribution is -0.189. The molecular weight excluding hydrogens is 423 g/mol. The van der Waals surface area contributed by atoms with Gasteiger partial charge in [0.1, 0.15) is 17.4 Å². The Morgan fingerprint density at radius 1 is 1.19 bits per heavy atom. The van der Waals surface area contributed by atoms with Crippen LogP contribution in [0.25, 0.3) is 0 Å². The first kappa shape index (κ1) is 22.3. The number of hydrogen-bond donors (Lipinski definition) is 0. The Hall–Kier alpha value is -3.35. The van der Waals surface area contributed by atoms with E-state index in [1.165, 1.54) is 24.1 Å². The summed E-state index contributed by atoms with van der Waals surface area (Å²) in [6.45, 7) is 1.04. The maximum Gasteiger partial charge on any atom is 0.425 e. The van der Waals surface area contributed by atoms with E-state index in [1.54, 1.807) is 0 Å². The van der Waals surface area contributed by atoms with Crippen LogP contribution in [0.15, 0.2) is 30.3 Å². The number of carbonyl (C=O) groups is 1. The molecule has 5 nitrogen and oxygen atoms in total. The standard InChI is InChI=1S/C21H17F5N2O3/c1-11(21(24,25)26)31-17-6-4-13(8-27)19(30-2)18(17)20(29)28-9-14(10-28)12-3-5-15(22)16(23)7-12/h3-7,11,14H,9-10H2,1-2H3/t11-/m0/s1. The van der Waals surface area contributed by atoms with Gasteiger partial charge in [0.15, 0.2) is 23.5 Å². The molecular formula is C21H17F5N2O3. The highest BCUT2D eigenvalue weighted by atomic mass is 19.4. The number of halogens is 5. The summed E-state index contributed by atoms with van der Waals surface area (Å²) in [7, 11) is 1.18. The van der Waals surface area contributed by atoms with Crippen LogP contribution in [0.5, 0.6) is 11.5 Å². The fourth-order valence-corrected chi connectivity index (χ4v) is 3.20. The van der Waals surface area contributed by atoms with E-state index >= 15 is 0 Å². The van der Waals surface area contributed by atoms with E-state index in [-0.39, 0.29) is 41.6 Å². The van der Waals surface area contributed by atoms with Crippen molar-refractivity contribution in [2.75, 3.05) is 20.2 Å². The van der Waals surface area contributed by atoms with Gasteiger partial charge in [0.05, 0.1) is 12.7 Å². The van der Waals surface area contributed by atoms with Gasteiger partial charge in [-0.1, -0.05) is 6.07 Å². The van der Waals surface area contributed by atoms with Gasteiger partial charge >= 0.3 is 6.18 Å². The molecule has 31 heavy (non-hydrogen) atoms. The third-order valence-electron chi connectivity index (χ3n) is 5.01. The summed E-state index contributed by atoms with van der Waals surface area (Å²) in [5, 5.41) is 9.26. The molecule has 1 amide bonds. The van der Waals surface area contributed by atoms with Crippen molar-refractivity contribution in [2.24, 2.45) is 0 Å². The number of alkyl halides is 3.